The molecule has 0 spiro atoms. The molecule has 1 aromatic rings. The molecule has 1 N–H and O–H groups in total. The summed E-state index contributed by atoms with van der Waals surface area (Å²) >= 11 is 6.03. The summed E-state index contributed by atoms with van der Waals surface area (Å²) in [6.45, 7) is 0.411. The Morgan fingerprint density at radius 1 is 1.37 bits per heavy atom. The molecule has 3 nitrogen and oxygen atoms in total. The van der Waals surface area contributed by atoms with Gasteiger partial charge in [-0.3, -0.25) is 0 Å². The van der Waals surface area contributed by atoms with Gasteiger partial charge in [0, 0.05) is 19.3 Å². The molecule has 1 aromatic heterocycles. The van der Waals surface area contributed by atoms with Crippen molar-refractivity contribution in [3.05, 3.63) is 22.8 Å². The van der Waals surface area contributed by atoms with Crippen LogP contribution in [0.4, 0.5) is 19.0 Å². The van der Waals surface area contributed by atoms with E-state index in [9.17, 15) is 13.2 Å². The maximum absolute atomic E-state index is 12.6. The number of hydrogen-bond donors (Lipinski definition) is 1. The van der Waals surface area contributed by atoms with Gasteiger partial charge in [-0.2, -0.15) is 13.2 Å². The Morgan fingerprint density at radius 3 is 2.47 bits per heavy atom. The molecule has 1 saturated heterocycles. The van der Waals surface area contributed by atoms with Crippen molar-refractivity contribution in [2.24, 2.45) is 5.92 Å². The van der Waals surface area contributed by atoms with E-state index in [2.05, 4.69) is 4.98 Å². The van der Waals surface area contributed by atoms with E-state index in [1.165, 1.54) is 6.20 Å². The van der Waals surface area contributed by atoms with Gasteiger partial charge < -0.3 is 10.0 Å². The number of halogens is 4. The average molecular weight is 295 g/mol. The van der Waals surface area contributed by atoms with E-state index in [0.29, 0.717) is 16.4 Å². The molecule has 0 saturated carbocycles. The summed E-state index contributed by atoms with van der Waals surface area (Å²) in [6, 6.07) is 1.58. The fourth-order valence-corrected chi connectivity index (χ4v) is 2.52. The van der Waals surface area contributed by atoms with Crippen LogP contribution in [0.1, 0.15) is 18.4 Å². The standard InChI is InChI=1S/C12H14ClF3N2O/c13-10-5-8(7-19)6-17-11(10)18-3-1-9(2-4-18)12(14,15)16/h5-6,9,19H,1-4,7H2. The first-order valence-electron chi connectivity index (χ1n) is 5.98. The molecular weight excluding hydrogens is 281 g/mol. The van der Waals surface area contributed by atoms with Crippen LogP contribution < -0.4 is 4.90 Å². The van der Waals surface area contributed by atoms with E-state index in [1.807, 2.05) is 0 Å². The molecule has 106 valence electrons. The third-order valence-corrected chi connectivity index (χ3v) is 3.60. The Kier molecular flexibility index (Phi) is 4.20. The SMILES string of the molecule is OCc1cnc(N2CCC(C(F)(F)F)CC2)c(Cl)c1. The minimum atomic E-state index is -4.12. The number of aliphatic hydroxyl groups is 1. The van der Waals surface area contributed by atoms with Crippen molar-refractivity contribution in [3.63, 3.8) is 0 Å². The predicted molar refractivity (Wildman–Crippen MR) is 66.2 cm³/mol. The minimum absolute atomic E-state index is 0.0588. The van der Waals surface area contributed by atoms with Crippen molar-refractivity contribution in [2.45, 2.75) is 25.6 Å². The van der Waals surface area contributed by atoms with Gasteiger partial charge in [-0.25, -0.2) is 4.98 Å². The zero-order chi connectivity index (χ0) is 14.0. The normalized spacial score (nSPS) is 17.8. The van der Waals surface area contributed by atoms with Crippen LogP contribution in [-0.2, 0) is 6.61 Å². The average Bonchev–Trinajstić information content (AvgIpc) is 2.37. The minimum Gasteiger partial charge on any atom is -0.392 e. The summed E-state index contributed by atoms with van der Waals surface area (Å²) in [5.41, 5.74) is 0.582. The lowest BCUT2D eigenvalue weighted by atomic mass is 9.96. The number of rotatable bonds is 2. The molecule has 0 radical (unpaired) electrons. The van der Waals surface area contributed by atoms with Gasteiger partial charge in [-0.1, -0.05) is 11.6 Å². The third kappa shape index (κ3) is 3.30. The summed E-state index contributed by atoms with van der Waals surface area (Å²) in [6.07, 6.45) is -2.52. The number of pyridine rings is 1. The molecule has 7 heteroatoms. The molecule has 0 bridgehead atoms. The van der Waals surface area contributed by atoms with Crippen molar-refractivity contribution >= 4 is 17.4 Å². The highest BCUT2D eigenvalue weighted by molar-refractivity contribution is 6.33. The number of aromatic nitrogens is 1. The van der Waals surface area contributed by atoms with Gasteiger partial charge in [0.25, 0.3) is 0 Å². The lowest BCUT2D eigenvalue weighted by Crippen LogP contribution is -2.39. The summed E-state index contributed by atoms with van der Waals surface area (Å²) in [7, 11) is 0. The van der Waals surface area contributed by atoms with Crippen molar-refractivity contribution < 1.29 is 18.3 Å². The van der Waals surface area contributed by atoms with Crippen LogP contribution >= 0.6 is 11.6 Å². The van der Waals surface area contributed by atoms with Crippen LogP contribution in [0.2, 0.25) is 5.02 Å². The maximum atomic E-state index is 12.6. The van der Waals surface area contributed by atoms with E-state index in [-0.39, 0.29) is 32.5 Å². The van der Waals surface area contributed by atoms with Crippen LogP contribution in [0.5, 0.6) is 0 Å². The molecule has 0 aromatic carbocycles. The van der Waals surface area contributed by atoms with E-state index in [4.69, 9.17) is 16.7 Å². The van der Waals surface area contributed by atoms with Crippen molar-refractivity contribution in [2.75, 3.05) is 18.0 Å². The third-order valence-electron chi connectivity index (χ3n) is 3.32. The largest absolute Gasteiger partial charge is 0.392 e. The van der Waals surface area contributed by atoms with Crippen molar-refractivity contribution in [1.82, 2.24) is 4.98 Å². The number of alkyl halides is 3. The summed E-state index contributed by atoms with van der Waals surface area (Å²) in [5, 5.41) is 9.31. The van der Waals surface area contributed by atoms with Crippen molar-refractivity contribution in [3.8, 4) is 0 Å². The molecule has 1 aliphatic heterocycles. The zero-order valence-corrected chi connectivity index (χ0v) is 10.9. The number of aliphatic hydroxyl groups excluding tert-OH is 1. The van der Waals surface area contributed by atoms with E-state index in [0.717, 1.165) is 0 Å². The van der Waals surface area contributed by atoms with Crippen molar-refractivity contribution in [1.29, 1.82) is 0 Å². The Balaban J connectivity index is 2.06. The summed E-state index contributed by atoms with van der Waals surface area (Å²) in [5.74, 6) is -0.751. The molecule has 0 unspecified atom stereocenters. The highest BCUT2D eigenvalue weighted by Gasteiger charge is 2.41. The molecule has 2 rings (SSSR count). The molecular formula is C12H14ClF3N2O. The Bertz CT molecular complexity index is 445. The Hall–Kier alpha value is -1.01. The molecule has 0 amide bonds. The maximum Gasteiger partial charge on any atom is 0.391 e. The topological polar surface area (TPSA) is 36.4 Å². The van der Waals surface area contributed by atoms with Gasteiger partial charge in [-0.15, -0.1) is 0 Å². The number of anilines is 1. The quantitative estimate of drug-likeness (QED) is 0.911. The fraction of sp³-hybridized carbons (Fsp3) is 0.583. The Morgan fingerprint density at radius 2 is 2.00 bits per heavy atom. The summed E-state index contributed by atoms with van der Waals surface area (Å²) in [4.78, 5) is 5.87. The molecule has 1 fully saturated rings. The molecule has 1 aliphatic rings. The zero-order valence-electron chi connectivity index (χ0n) is 10.1. The number of piperidine rings is 1. The van der Waals surface area contributed by atoms with Gasteiger partial charge >= 0.3 is 6.18 Å². The highest BCUT2D eigenvalue weighted by atomic mass is 35.5. The van der Waals surface area contributed by atoms with Gasteiger partial charge in [0.2, 0.25) is 0 Å². The smallest absolute Gasteiger partial charge is 0.391 e. The van der Waals surface area contributed by atoms with Crippen LogP contribution in [-0.4, -0.2) is 29.4 Å². The molecule has 0 atom stereocenters. The molecule has 19 heavy (non-hydrogen) atoms. The van der Waals surface area contributed by atoms with Crippen LogP contribution in [0.3, 0.4) is 0 Å². The lowest BCUT2D eigenvalue weighted by molar-refractivity contribution is -0.179. The monoisotopic (exact) mass is 294 g/mol. The van der Waals surface area contributed by atoms with Crippen LogP contribution in [0.15, 0.2) is 12.3 Å². The first kappa shape index (κ1) is 14.4. The number of nitrogens with zero attached hydrogens (tertiary/aromatic N) is 2. The molecule has 0 aliphatic carbocycles. The van der Waals surface area contributed by atoms with Crippen LogP contribution in [0, 0.1) is 5.92 Å². The van der Waals surface area contributed by atoms with Gasteiger partial charge in [0.15, 0.2) is 0 Å². The second-order valence-corrected chi connectivity index (χ2v) is 5.02. The van der Waals surface area contributed by atoms with Gasteiger partial charge in [-0.05, 0) is 24.5 Å². The lowest BCUT2D eigenvalue weighted by Gasteiger charge is -2.34. The fourth-order valence-electron chi connectivity index (χ4n) is 2.21. The van der Waals surface area contributed by atoms with Crippen LogP contribution in [0.25, 0.3) is 0 Å². The van der Waals surface area contributed by atoms with Gasteiger partial charge in [0.1, 0.15) is 5.82 Å². The second-order valence-electron chi connectivity index (χ2n) is 4.61. The van der Waals surface area contributed by atoms with Gasteiger partial charge in [0.05, 0.1) is 17.5 Å². The van der Waals surface area contributed by atoms with E-state index < -0.39 is 12.1 Å². The molecule has 2 heterocycles. The number of hydrogen-bond acceptors (Lipinski definition) is 3. The highest BCUT2D eigenvalue weighted by Crippen LogP contribution is 2.36. The summed E-state index contributed by atoms with van der Waals surface area (Å²) < 4.78 is 37.7. The first-order chi connectivity index (χ1) is 8.91. The second kappa shape index (κ2) is 5.54. The van der Waals surface area contributed by atoms with E-state index in [1.54, 1.807) is 11.0 Å². The first-order valence-corrected chi connectivity index (χ1v) is 6.36. The Labute approximate surface area is 114 Å². The van der Waals surface area contributed by atoms with E-state index >= 15 is 0 Å². The predicted octanol–water partition coefficient (Wildman–Crippen LogP) is 3.01.